The Morgan fingerprint density at radius 3 is 2.53 bits per heavy atom. The molecule has 8 heteroatoms. The van der Waals surface area contributed by atoms with Gasteiger partial charge in [-0.3, -0.25) is 4.79 Å². The van der Waals surface area contributed by atoms with Crippen LogP contribution in [-0.4, -0.2) is 39.1 Å². The van der Waals surface area contributed by atoms with Crippen LogP contribution in [0.1, 0.15) is 16.6 Å². The Bertz CT molecular complexity index is 991. The van der Waals surface area contributed by atoms with Crippen molar-refractivity contribution in [3.8, 4) is 22.9 Å². The molecule has 1 fully saturated rings. The fourth-order valence-corrected chi connectivity index (χ4v) is 5.83. The molecule has 0 radical (unpaired) electrons. The molecule has 2 aromatic carbocycles. The first-order valence-electron chi connectivity index (χ1n) is 9.55. The molecule has 3 aromatic rings. The number of thioether (sulfide) groups is 2. The lowest BCUT2D eigenvalue weighted by Crippen LogP contribution is -2.20. The zero-order chi connectivity index (χ0) is 20.8. The average Bonchev–Trinajstić information content (AvgIpc) is 2.79. The Hall–Kier alpha value is -2.71. The van der Waals surface area contributed by atoms with E-state index in [0.29, 0.717) is 27.4 Å². The number of benzene rings is 2. The highest BCUT2D eigenvalue weighted by Crippen LogP contribution is 2.43. The summed E-state index contributed by atoms with van der Waals surface area (Å²) in [5, 5.41) is 12.3. The van der Waals surface area contributed by atoms with Crippen LogP contribution >= 0.6 is 23.5 Å². The second-order valence-electron chi connectivity index (χ2n) is 6.68. The number of carbonyl (C=O) groups excluding carboxylic acids is 1. The van der Waals surface area contributed by atoms with Crippen LogP contribution in [0.3, 0.4) is 0 Å². The third-order valence-electron chi connectivity index (χ3n) is 4.39. The van der Waals surface area contributed by atoms with Crippen LogP contribution in [0.5, 0.6) is 11.5 Å². The summed E-state index contributed by atoms with van der Waals surface area (Å²) in [7, 11) is 0. The Labute approximate surface area is 183 Å². The molecule has 1 aliphatic rings. The van der Waals surface area contributed by atoms with Crippen LogP contribution in [0.25, 0.3) is 11.4 Å². The van der Waals surface area contributed by atoms with Gasteiger partial charge in [-0.05, 0) is 47.8 Å². The Morgan fingerprint density at radius 2 is 1.83 bits per heavy atom. The van der Waals surface area contributed by atoms with E-state index in [1.165, 1.54) is 35.9 Å². The van der Waals surface area contributed by atoms with Crippen molar-refractivity contribution in [1.82, 2.24) is 9.97 Å². The molecule has 1 aromatic heterocycles. The zero-order valence-electron chi connectivity index (χ0n) is 16.2. The molecule has 1 aliphatic heterocycles. The molecule has 0 saturated carbocycles. The van der Waals surface area contributed by atoms with Gasteiger partial charge in [0.1, 0.15) is 11.5 Å². The zero-order valence-corrected chi connectivity index (χ0v) is 17.8. The number of nitrogens with zero attached hydrogens (tertiary/aromatic N) is 2. The Balaban J connectivity index is 1.28. The van der Waals surface area contributed by atoms with Gasteiger partial charge in [-0.1, -0.05) is 24.3 Å². The van der Waals surface area contributed by atoms with Gasteiger partial charge < -0.3 is 15.2 Å². The van der Waals surface area contributed by atoms with Crippen LogP contribution in [-0.2, 0) is 4.79 Å². The molecule has 2 N–H and O–H groups in total. The van der Waals surface area contributed by atoms with Crippen molar-refractivity contribution in [2.24, 2.45) is 0 Å². The molecule has 0 unspecified atom stereocenters. The quantitative estimate of drug-likeness (QED) is 0.574. The van der Waals surface area contributed by atoms with Crippen LogP contribution in [0.2, 0.25) is 0 Å². The number of phenols is 1. The third kappa shape index (κ3) is 5.46. The second-order valence-corrected chi connectivity index (χ2v) is 9.40. The smallest absolute Gasteiger partial charge is 0.262 e. The Kier molecular flexibility index (Phi) is 6.76. The number of carbonyl (C=O) groups is 1. The number of phenolic OH excluding ortho intramolecular Hbond substituents is 1. The summed E-state index contributed by atoms with van der Waals surface area (Å²) >= 11 is 3.95. The minimum absolute atomic E-state index is 0.0966. The molecule has 0 bridgehead atoms. The second kappa shape index (κ2) is 9.86. The standard InChI is InChI=1S/C22H21N3O3S2/c26-18-4-1-3-16(11-18)21-23-12-17(13-24-21)25-20(27)14-28-19-7-5-15(6-8-19)22-29-9-2-10-30-22/h1,3-8,11-13,22,26H,2,9-10,14H2,(H,25,27). The summed E-state index contributed by atoms with van der Waals surface area (Å²) in [6, 6.07) is 14.6. The number of nitrogens with one attached hydrogen (secondary N) is 1. The molecule has 0 atom stereocenters. The molecule has 0 spiro atoms. The molecule has 30 heavy (non-hydrogen) atoms. The van der Waals surface area contributed by atoms with Gasteiger partial charge in [0.15, 0.2) is 12.4 Å². The van der Waals surface area contributed by atoms with Gasteiger partial charge in [0.05, 0.1) is 22.7 Å². The summed E-state index contributed by atoms with van der Waals surface area (Å²) in [5.41, 5.74) is 2.46. The summed E-state index contributed by atoms with van der Waals surface area (Å²) in [5.74, 6) is 3.40. The topological polar surface area (TPSA) is 84.3 Å². The highest BCUT2D eigenvalue weighted by atomic mass is 32.2. The minimum Gasteiger partial charge on any atom is -0.508 e. The lowest BCUT2D eigenvalue weighted by Gasteiger charge is -2.21. The molecule has 154 valence electrons. The maximum Gasteiger partial charge on any atom is 0.262 e. The van der Waals surface area contributed by atoms with Gasteiger partial charge in [-0.25, -0.2) is 9.97 Å². The molecule has 4 rings (SSSR count). The fourth-order valence-electron chi connectivity index (χ4n) is 2.93. The number of ether oxygens (including phenoxy) is 1. The van der Waals surface area contributed by atoms with E-state index in [1.807, 2.05) is 35.7 Å². The summed E-state index contributed by atoms with van der Waals surface area (Å²) in [6.45, 7) is -0.0966. The predicted molar refractivity (Wildman–Crippen MR) is 122 cm³/mol. The largest absolute Gasteiger partial charge is 0.508 e. The monoisotopic (exact) mass is 439 g/mol. The van der Waals surface area contributed by atoms with Crippen molar-refractivity contribution in [2.75, 3.05) is 23.4 Å². The van der Waals surface area contributed by atoms with Crippen LogP contribution in [0, 0.1) is 0 Å². The van der Waals surface area contributed by atoms with Crippen molar-refractivity contribution in [1.29, 1.82) is 0 Å². The van der Waals surface area contributed by atoms with Gasteiger partial charge >= 0.3 is 0 Å². The number of hydrogen-bond donors (Lipinski definition) is 2. The minimum atomic E-state index is -0.286. The maximum absolute atomic E-state index is 12.2. The number of anilines is 1. The molecular weight excluding hydrogens is 418 g/mol. The highest BCUT2D eigenvalue weighted by molar-refractivity contribution is 8.16. The molecule has 2 heterocycles. The molecule has 0 aliphatic carbocycles. The number of hydrogen-bond acceptors (Lipinski definition) is 7. The molecule has 1 saturated heterocycles. The van der Waals surface area contributed by atoms with E-state index in [4.69, 9.17) is 4.74 Å². The lowest BCUT2D eigenvalue weighted by molar-refractivity contribution is -0.118. The van der Waals surface area contributed by atoms with E-state index in [-0.39, 0.29) is 18.3 Å². The van der Waals surface area contributed by atoms with E-state index in [9.17, 15) is 9.90 Å². The maximum atomic E-state index is 12.2. The van der Waals surface area contributed by atoms with Gasteiger partial charge in [-0.15, -0.1) is 23.5 Å². The molecular formula is C22H21N3O3S2. The van der Waals surface area contributed by atoms with E-state index in [1.54, 1.807) is 24.3 Å². The summed E-state index contributed by atoms with van der Waals surface area (Å²) < 4.78 is 6.08. The van der Waals surface area contributed by atoms with Crippen LogP contribution < -0.4 is 10.1 Å². The van der Waals surface area contributed by atoms with Gasteiger partial charge in [0.2, 0.25) is 0 Å². The van der Waals surface area contributed by atoms with Gasteiger partial charge in [-0.2, -0.15) is 0 Å². The normalized spacial score (nSPS) is 14.3. The van der Waals surface area contributed by atoms with Gasteiger partial charge in [0.25, 0.3) is 5.91 Å². The van der Waals surface area contributed by atoms with Crippen molar-refractivity contribution < 1.29 is 14.6 Å². The summed E-state index contributed by atoms with van der Waals surface area (Å²) in [4.78, 5) is 20.6. The van der Waals surface area contributed by atoms with Crippen LogP contribution in [0.15, 0.2) is 60.9 Å². The van der Waals surface area contributed by atoms with Crippen molar-refractivity contribution >= 4 is 35.1 Å². The third-order valence-corrected chi connectivity index (χ3v) is 7.40. The van der Waals surface area contributed by atoms with Crippen LogP contribution in [0.4, 0.5) is 5.69 Å². The van der Waals surface area contributed by atoms with E-state index >= 15 is 0 Å². The Morgan fingerprint density at radius 1 is 1.10 bits per heavy atom. The highest BCUT2D eigenvalue weighted by Gasteiger charge is 2.16. The van der Waals surface area contributed by atoms with Crippen molar-refractivity contribution in [2.45, 2.75) is 11.0 Å². The predicted octanol–water partition coefficient (Wildman–Crippen LogP) is 4.74. The van der Waals surface area contributed by atoms with E-state index < -0.39 is 0 Å². The first kappa shape index (κ1) is 20.6. The van der Waals surface area contributed by atoms with Gasteiger partial charge in [0, 0.05) is 5.56 Å². The van der Waals surface area contributed by atoms with Crippen molar-refractivity contribution in [3.63, 3.8) is 0 Å². The molecule has 1 amide bonds. The number of amides is 1. The average molecular weight is 440 g/mol. The summed E-state index contributed by atoms with van der Waals surface area (Å²) in [6.07, 6.45) is 4.32. The van der Waals surface area contributed by atoms with E-state index in [0.717, 1.165) is 0 Å². The number of aromatic hydroxyl groups is 1. The first-order valence-corrected chi connectivity index (χ1v) is 11.6. The SMILES string of the molecule is O=C(COc1ccc(C2SCCCS2)cc1)Nc1cnc(-c2cccc(O)c2)nc1. The molecule has 6 nitrogen and oxygen atoms in total. The van der Waals surface area contributed by atoms with Crippen molar-refractivity contribution in [3.05, 3.63) is 66.5 Å². The number of rotatable bonds is 6. The lowest BCUT2D eigenvalue weighted by atomic mass is 10.2. The first-order chi connectivity index (χ1) is 14.7. The van der Waals surface area contributed by atoms with E-state index in [2.05, 4.69) is 27.4 Å². The number of aromatic nitrogens is 2. The fraction of sp³-hybridized carbons (Fsp3) is 0.227.